The van der Waals surface area contributed by atoms with Gasteiger partial charge in [-0.3, -0.25) is 4.79 Å². The lowest BCUT2D eigenvalue weighted by molar-refractivity contribution is -0.120. The van der Waals surface area contributed by atoms with Crippen molar-refractivity contribution >= 4 is 17.2 Å². The second-order valence-corrected chi connectivity index (χ2v) is 6.71. The van der Waals surface area contributed by atoms with E-state index < -0.39 is 0 Å². The standard InChI is InChI=1S/C19H25NO4S/c1-23-16-6-5-14(12-17(16)24-2)13-19(22)20-9-7-15(8-10-21)18-4-3-11-25-18/h3-6,11-12,15,21H,7-10,13H2,1-2H3,(H,20,22). The Labute approximate surface area is 152 Å². The zero-order chi connectivity index (χ0) is 18.1. The molecule has 1 unspecified atom stereocenters. The summed E-state index contributed by atoms with van der Waals surface area (Å²) in [4.78, 5) is 13.4. The Bertz CT molecular complexity index is 657. The zero-order valence-electron chi connectivity index (χ0n) is 14.7. The number of ether oxygens (including phenoxy) is 2. The van der Waals surface area contributed by atoms with Crippen LogP contribution in [0.1, 0.15) is 29.2 Å². The molecule has 0 fully saturated rings. The summed E-state index contributed by atoms with van der Waals surface area (Å²) in [6.45, 7) is 0.747. The number of hydrogen-bond acceptors (Lipinski definition) is 5. The van der Waals surface area contributed by atoms with Crippen molar-refractivity contribution in [2.24, 2.45) is 0 Å². The summed E-state index contributed by atoms with van der Waals surface area (Å²) in [5.41, 5.74) is 0.875. The number of rotatable bonds is 10. The van der Waals surface area contributed by atoms with Crippen molar-refractivity contribution in [1.29, 1.82) is 0 Å². The quantitative estimate of drug-likeness (QED) is 0.681. The van der Waals surface area contributed by atoms with Gasteiger partial charge in [0.05, 0.1) is 20.6 Å². The highest BCUT2D eigenvalue weighted by Crippen LogP contribution is 2.28. The topological polar surface area (TPSA) is 67.8 Å². The molecular weight excluding hydrogens is 338 g/mol. The van der Waals surface area contributed by atoms with Gasteiger partial charge in [0.1, 0.15) is 0 Å². The van der Waals surface area contributed by atoms with E-state index in [4.69, 9.17) is 9.47 Å². The van der Waals surface area contributed by atoms with Crippen LogP contribution in [0.3, 0.4) is 0 Å². The third kappa shape index (κ3) is 5.76. The van der Waals surface area contributed by atoms with Crippen molar-refractivity contribution in [3.8, 4) is 11.5 Å². The number of thiophene rings is 1. The van der Waals surface area contributed by atoms with Crippen LogP contribution in [0.15, 0.2) is 35.7 Å². The Morgan fingerprint density at radius 2 is 2.00 bits per heavy atom. The van der Waals surface area contributed by atoms with Crippen LogP contribution in [0.4, 0.5) is 0 Å². The van der Waals surface area contributed by atoms with Gasteiger partial charge >= 0.3 is 0 Å². The van der Waals surface area contributed by atoms with E-state index in [0.717, 1.165) is 12.0 Å². The molecule has 0 aliphatic rings. The maximum absolute atomic E-state index is 12.2. The molecule has 0 saturated carbocycles. The molecule has 5 nitrogen and oxygen atoms in total. The molecule has 0 aliphatic heterocycles. The van der Waals surface area contributed by atoms with Crippen molar-refractivity contribution in [2.45, 2.75) is 25.2 Å². The van der Waals surface area contributed by atoms with Gasteiger partial charge in [0.15, 0.2) is 11.5 Å². The normalized spacial score (nSPS) is 11.8. The van der Waals surface area contributed by atoms with Gasteiger partial charge in [-0.25, -0.2) is 0 Å². The lowest BCUT2D eigenvalue weighted by Gasteiger charge is -2.15. The number of nitrogens with one attached hydrogen (secondary N) is 1. The highest BCUT2D eigenvalue weighted by atomic mass is 32.1. The monoisotopic (exact) mass is 363 g/mol. The van der Waals surface area contributed by atoms with E-state index in [-0.39, 0.29) is 18.4 Å². The number of aliphatic hydroxyl groups is 1. The van der Waals surface area contributed by atoms with Gasteiger partial charge in [-0.05, 0) is 47.9 Å². The van der Waals surface area contributed by atoms with Crippen LogP contribution < -0.4 is 14.8 Å². The van der Waals surface area contributed by atoms with Crippen molar-refractivity contribution in [3.05, 3.63) is 46.2 Å². The van der Waals surface area contributed by atoms with Gasteiger partial charge in [-0.1, -0.05) is 12.1 Å². The molecule has 1 atom stereocenters. The van der Waals surface area contributed by atoms with E-state index in [1.807, 2.05) is 23.6 Å². The summed E-state index contributed by atoms with van der Waals surface area (Å²) >= 11 is 1.69. The number of methoxy groups -OCH3 is 2. The summed E-state index contributed by atoms with van der Waals surface area (Å²) in [5, 5.41) is 14.2. The molecule has 6 heteroatoms. The fraction of sp³-hybridized carbons (Fsp3) is 0.421. The van der Waals surface area contributed by atoms with Crippen LogP contribution in [0.2, 0.25) is 0 Å². The minimum atomic E-state index is -0.0267. The first-order valence-electron chi connectivity index (χ1n) is 8.29. The maximum atomic E-state index is 12.2. The summed E-state index contributed by atoms with van der Waals surface area (Å²) in [7, 11) is 3.16. The Kier molecular flexibility index (Phi) is 7.76. The average Bonchev–Trinajstić information content (AvgIpc) is 3.15. The van der Waals surface area contributed by atoms with Crippen molar-refractivity contribution in [3.63, 3.8) is 0 Å². The van der Waals surface area contributed by atoms with Crippen LogP contribution in [-0.2, 0) is 11.2 Å². The highest BCUT2D eigenvalue weighted by Gasteiger charge is 2.13. The second kappa shape index (κ2) is 10.1. The number of carbonyl (C=O) groups is 1. The predicted molar refractivity (Wildman–Crippen MR) is 99.6 cm³/mol. The summed E-state index contributed by atoms with van der Waals surface area (Å²) < 4.78 is 10.5. The molecule has 25 heavy (non-hydrogen) atoms. The first kappa shape index (κ1) is 19.3. The SMILES string of the molecule is COc1ccc(CC(=O)NCCC(CCO)c2cccs2)cc1OC. The first-order chi connectivity index (χ1) is 12.2. The Morgan fingerprint density at radius 3 is 2.64 bits per heavy atom. The number of amides is 1. The summed E-state index contributed by atoms with van der Waals surface area (Å²) in [5.74, 6) is 1.52. The minimum Gasteiger partial charge on any atom is -0.493 e. The van der Waals surface area contributed by atoms with Gasteiger partial charge in [0.25, 0.3) is 0 Å². The molecule has 2 aromatic rings. The van der Waals surface area contributed by atoms with Crippen molar-refractivity contribution < 1.29 is 19.4 Å². The Balaban J connectivity index is 1.84. The second-order valence-electron chi connectivity index (χ2n) is 5.73. The van der Waals surface area contributed by atoms with Crippen LogP contribution >= 0.6 is 11.3 Å². The zero-order valence-corrected chi connectivity index (χ0v) is 15.5. The number of aliphatic hydroxyl groups excluding tert-OH is 1. The molecule has 136 valence electrons. The minimum absolute atomic E-state index is 0.0267. The third-order valence-corrected chi connectivity index (χ3v) is 5.09. The molecule has 2 rings (SSSR count). The first-order valence-corrected chi connectivity index (χ1v) is 9.17. The van der Waals surface area contributed by atoms with Gasteiger partial charge in [0.2, 0.25) is 5.91 Å². The molecular formula is C19H25NO4S. The van der Waals surface area contributed by atoms with Crippen molar-refractivity contribution in [2.75, 3.05) is 27.4 Å². The Morgan fingerprint density at radius 1 is 1.20 bits per heavy atom. The van der Waals surface area contributed by atoms with Gasteiger partial charge < -0.3 is 19.9 Å². The number of hydrogen-bond donors (Lipinski definition) is 2. The molecule has 0 bridgehead atoms. The molecule has 0 spiro atoms. The molecule has 0 saturated heterocycles. The lowest BCUT2D eigenvalue weighted by atomic mass is 10.00. The molecule has 1 aromatic carbocycles. The molecule has 1 amide bonds. The highest BCUT2D eigenvalue weighted by molar-refractivity contribution is 7.10. The molecule has 1 heterocycles. The van der Waals surface area contributed by atoms with Crippen LogP contribution in [0, 0.1) is 0 Å². The fourth-order valence-electron chi connectivity index (χ4n) is 2.73. The molecule has 1 aromatic heterocycles. The predicted octanol–water partition coefficient (Wildman–Crippen LogP) is 2.98. The molecule has 0 aliphatic carbocycles. The molecule has 0 radical (unpaired) electrons. The van der Waals surface area contributed by atoms with Crippen LogP contribution in [-0.4, -0.2) is 38.4 Å². The van der Waals surface area contributed by atoms with E-state index in [9.17, 15) is 9.90 Å². The van der Waals surface area contributed by atoms with E-state index >= 15 is 0 Å². The van der Waals surface area contributed by atoms with E-state index in [1.165, 1.54) is 4.88 Å². The smallest absolute Gasteiger partial charge is 0.224 e. The van der Waals surface area contributed by atoms with E-state index in [2.05, 4.69) is 11.4 Å². The van der Waals surface area contributed by atoms with Gasteiger partial charge in [-0.15, -0.1) is 11.3 Å². The van der Waals surface area contributed by atoms with Crippen LogP contribution in [0.5, 0.6) is 11.5 Å². The van der Waals surface area contributed by atoms with Crippen LogP contribution in [0.25, 0.3) is 0 Å². The molecule has 2 N–H and O–H groups in total. The third-order valence-electron chi connectivity index (χ3n) is 4.05. The summed E-state index contributed by atoms with van der Waals surface area (Å²) in [6, 6.07) is 9.58. The Hall–Kier alpha value is -2.05. The van der Waals surface area contributed by atoms with E-state index in [1.54, 1.807) is 31.6 Å². The van der Waals surface area contributed by atoms with E-state index in [0.29, 0.717) is 30.9 Å². The lowest BCUT2D eigenvalue weighted by Crippen LogP contribution is -2.27. The number of benzene rings is 1. The van der Waals surface area contributed by atoms with Gasteiger partial charge in [-0.2, -0.15) is 0 Å². The summed E-state index contributed by atoms with van der Waals surface area (Å²) in [6.07, 6.45) is 1.83. The average molecular weight is 363 g/mol. The van der Waals surface area contributed by atoms with Crippen molar-refractivity contribution in [1.82, 2.24) is 5.32 Å². The van der Waals surface area contributed by atoms with Gasteiger partial charge in [0, 0.05) is 18.0 Å². The number of carbonyl (C=O) groups excluding carboxylic acids is 1. The maximum Gasteiger partial charge on any atom is 0.224 e. The fourth-order valence-corrected chi connectivity index (χ4v) is 3.63. The largest absolute Gasteiger partial charge is 0.493 e.